The molecule has 0 unspecified atom stereocenters. The number of aromatic nitrogens is 1. The molecule has 0 aliphatic heterocycles. The first-order chi connectivity index (χ1) is 13.8. The highest BCUT2D eigenvalue weighted by Crippen LogP contribution is 2.18. The Kier molecular flexibility index (Phi) is 6.60. The summed E-state index contributed by atoms with van der Waals surface area (Å²) in [6.07, 6.45) is 0. The summed E-state index contributed by atoms with van der Waals surface area (Å²) in [6.45, 7) is 2.20. The van der Waals surface area contributed by atoms with Crippen LogP contribution in [-0.4, -0.2) is 25.1 Å². The van der Waals surface area contributed by atoms with Crippen molar-refractivity contribution in [2.45, 2.75) is 19.3 Å². The number of sulfone groups is 1. The van der Waals surface area contributed by atoms with E-state index in [4.69, 9.17) is 4.74 Å². The molecule has 1 N–H and O–H groups in total. The van der Waals surface area contributed by atoms with Crippen molar-refractivity contribution < 1.29 is 22.3 Å². The van der Waals surface area contributed by atoms with Gasteiger partial charge >= 0.3 is 0 Å². The number of hydrogen-bond acceptors (Lipinski definition) is 6. The van der Waals surface area contributed by atoms with Crippen LogP contribution in [0, 0.1) is 12.7 Å². The molecule has 1 amide bonds. The summed E-state index contributed by atoms with van der Waals surface area (Å²) in [5.74, 6) is -1.86. The molecule has 0 saturated heterocycles. The lowest BCUT2D eigenvalue weighted by molar-refractivity contribution is -0.113. The smallest absolute Gasteiger partial charge is 0.239 e. The molecule has 0 atom stereocenters. The second kappa shape index (κ2) is 9.15. The number of ether oxygens (including phenoxy) is 1. The Morgan fingerprint density at radius 1 is 1.17 bits per heavy atom. The largest absolute Gasteiger partial charge is 0.486 e. The molecular formula is C20H19FN2O4S2. The van der Waals surface area contributed by atoms with Gasteiger partial charge in [0.05, 0.1) is 17.1 Å². The maximum Gasteiger partial charge on any atom is 0.239 e. The van der Waals surface area contributed by atoms with E-state index in [1.807, 2.05) is 31.2 Å². The molecule has 0 spiro atoms. The summed E-state index contributed by atoms with van der Waals surface area (Å²) >= 11 is 1.29. The van der Waals surface area contributed by atoms with Gasteiger partial charge in [-0.15, -0.1) is 11.3 Å². The Morgan fingerprint density at radius 2 is 1.90 bits per heavy atom. The minimum absolute atomic E-state index is 0.0584. The summed E-state index contributed by atoms with van der Waals surface area (Å²) in [5, 5.41) is 4.53. The van der Waals surface area contributed by atoms with Crippen molar-refractivity contribution in [3.63, 3.8) is 0 Å². The van der Waals surface area contributed by atoms with Gasteiger partial charge in [-0.05, 0) is 31.2 Å². The average Bonchev–Trinajstić information content (AvgIpc) is 3.09. The molecule has 0 bridgehead atoms. The summed E-state index contributed by atoms with van der Waals surface area (Å²) < 4.78 is 43.8. The number of thiazole rings is 1. The predicted octanol–water partition coefficient (Wildman–Crippen LogP) is 3.72. The molecule has 0 radical (unpaired) electrons. The predicted molar refractivity (Wildman–Crippen MR) is 110 cm³/mol. The van der Waals surface area contributed by atoms with Crippen molar-refractivity contribution in [2.75, 3.05) is 11.1 Å². The number of rotatable bonds is 8. The highest BCUT2D eigenvalue weighted by Gasteiger charge is 2.20. The zero-order valence-corrected chi connectivity index (χ0v) is 17.2. The first kappa shape index (κ1) is 20.9. The van der Waals surface area contributed by atoms with Gasteiger partial charge in [-0.1, -0.05) is 29.8 Å². The van der Waals surface area contributed by atoms with E-state index in [1.165, 1.54) is 29.5 Å². The minimum Gasteiger partial charge on any atom is -0.486 e. The Bertz CT molecular complexity index is 1100. The van der Waals surface area contributed by atoms with Crippen LogP contribution in [0.15, 0.2) is 53.9 Å². The Morgan fingerprint density at radius 3 is 2.62 bits per heavy atom. The SMILES string of the molecule is Cc1ccc(OCc2nc(CS(=O)(=O)CC(=O)Nc3ccccc3F)cs2)cc1. The number of carbonyl (C=O) groups excluding carboxylic acids is 1. The van der Waals surface area contributed by atoms with Gasteiger partial charge in [-0.25, -0.2) is 17.8 Å². The monoisotopic (exact) mass is 434 g/mol. The summed E-state index contributed by atoms with van der Waals surface area (Å²) in [7, 11) is -3.76. The van der Waals surface area contributed by atoms with Crippen molar-refractivity contribution in [2.24, 2.45) is 0 Å². The zero-order chi connectivity index (χ0) is 20.9. The number of nitrogens with zero attached hydrogens (tertiary/aromatic N) is 1. The van der Waals surface area contributed by atoms with Crippen LogP contribution in [0.3, 0.4) is 0 Å². The topological polar surface area (TPSA) is 85.4 Å². The fraction of sp³-hybridized carbons (Fsp3) is 0.200. The standard InChI is InChI=1S/C20H19FN2O4S2/c1-14-6-8-16(9-7-14)27-10-20-22-15(11-28-20)12-29(25,26)13-19(24)23-18-5-3-2-4-17(18)21/h2-9,11H,10,12-13H2,1H3,(H,23,24). The minimum atomic E-state index is -3.76. The number of halogens is 1. The lowest BCUT2D eigenvalue weighted by Gasteiger charge is -2.06. The van der Waals surface area contributed by atoms with E-state index in [0.29, 0.717) is 16.5 Å². The summed E-state index contributed by atoms with van der Waals surface area (Å²) in [4.78, 5) is 16.2. The summed E-state index contributed by atoms with van der Waals surface area (Å²) in [5.41, 5.74) is 1.41. The highest BCUT2D eigenvalue weighted by molar-refractivity contribution is 7.91. The van der Waals surface area contributed by atoms with Gasteiger partial charge in [-0.2, -0.15) is 0 Å². The summed E-state index contributed by atoms with van der Waals surface area (Å²) in [6, 6.07) is 13.1. The zero-order valence-electron chi connectivity index (χ0n) is 15.6. The second-order valence-corrected chi connectivity index (χ2v) is 9.40. The van der Waals surface area contributed by atoms with E-state index in [2.05, 4.69) is 10.3 Å². The van der Waals surface area contributed by atoms with Crippen molar-refractivity contribution in [3.8, 4) is 5.75 Å². The molecule has 1 heterocycles. The van der Waals surface area contributed by atoms with Gasteiger partial charge in [0.2, 0.25) is 5.91 Å². The van der Waals surface area contributed by atoms with Crippen molar-refractivity contribution in [3.05, 3.63) is 76.0 Å². The van der Waals surface area contributed by atoms with Crippen molar-refractivity contribution >= 4 is 32.8 Å². The van der Waals surface area contributed by atoms with Gasteiger partial charge < -0.3 is 10.1 Å². The number of hydrogen-bond donors (Lipinski definition) is 1. The molecule has 6 nitrogen and oxygen atoms in total. The van der Waals surface area contributed by atoms with Gasteiger partial charge in [0, 0.05) is 5.38 Å². The quantitative estimate of drug-likeness (QED) is 0.584. The molecular weight excluding hydrogens is 415 g/mol. The number of anilines is 1. The fourth-order valence-corrected chi connectivity index (χ4v) is 4.47. The first-order valence-corrected chi connectivity index (χ1v) is 11.4. The van der Waals surface area contributed by atoms with Crippen LogP contribution in [0.1, 0.15) is 16.3 Å². The number of nitrogens with one attached hydrogen (secondary N) is 1. The molecule has 3 rings (SSSR count). The third kappa shape index (κ3) is 6.37. The second-order valence-electron chi connectivity index (χ2n) is 6.39. The number of para-hydroxylation sites is 1. The normalized spacial score (nSPS) is 11.2. The number of benzene rings is 2. The average molecular weight is 435 g/mol. The van der Waals surface area contributed by atoms with Crippen LogP contribution < -0.4 is 10.1 Å². The molecule has 0 aliphatic carbocycles. The number of aryl methyl sites for hydroxylation is 1. The van der Waals surface area contributed by atoms with Crippen LogP contribution in [-0.2, 0) is 27.0 Å². The van der Waals surface area contributed by atoms with Gasteiger partial charge in [-0.3, -0.25) is 4.79 Å². The third-order valence-corrected chi connectivity index (χ3v) is 6.16. The molecule has 2 aromatic carbocycles. The van der Waals surface area contributed by atoms with E-state index in [-0.39, 0.29) is 18.0 Å². The lowest BCUT2D eigenvalue weighted by atomic mass is 10.2. The van der Waals surface area contributed by atoms with Crippen LogP contribution in [0.5, 0.6) is 5.75 Å². The van der Waals surface area contributed by atoms with E-state index >= 15 is 0 Å². The molecule has 9 heteroatoms. The van der Waals surface area contributed by atoms with Gasteiger partial charge in [0.25, 0.3) is 0 Å². The van der Waals surface area contributed by atoms with E-state index in [9.17, 15) is 17.6 Å². The molecule has 152 valence electrons. The highest BCUT2D eigenvalue weighted by atomic mass is 32.2. The Labute approximate surface area is 172 Å². The van der Waals surface area contributed by atoms with Crippen LogP contribution in [0.4, 0.5) is 10.1 Å². The molecule has 0 aliphatic rings. The fourth-order valence-electron chi connectivity index (χ4n) is 2.49. The van der Waals surface area contributed by atoms with E-state index in [1.54, 1.807) is 11.4 Å². The third-order valence-electron chi connectivity index (χ3n) is 3.85. The number of carbonyl (C=O) groups is 1. The maximum atomic E-state index is 13.6. The van der Waals surface area contributed by atoms with Crippen LogP contribution in [0.2, 0.25) is 0 Å². The van der Waals surface area contributed by atoms with Crippen molar-refractivity contribution in [1.29, 1.82) is 0 Å². The van der Waals surface area contributed by atoms with Gasteiger partial charge in [0.1, 0.15) is 28.9 Å². The lowest BCUT2D eigenvalue weighted by Crippen LogP contribution is -2.24. The molecule has 29 heavy (non-hydrogen) atoms. The molecule has 0 fully saturated rings. The molecule has 0 saturated carbocycles. The van der Waals surface area contributed by atoms with Crippen LogP contribution in [0.25, 0.3) is 0 Å². The Hall–Kier alpha value is -2.78. The van der Waals surface area contributed by atoms with Gasteiger partial charge in [0.15, 0.2) is 9.84 Å². The van der Waals surface area contributed by atoms with Crippen LogP contribution >= 0.6 is 11.3 Å². The molecule has 1 aromatic heterocycles. The first-order valence-electron chi connectivity index (χ1n) is 8.68. The maximum absolute atomic E-state index is 13.6. The number of amides is 1. The molecule has 3 aromatic rings. The Balaban J connectivity index is 1.54. The van der Waals surface area contributed by atoms with E-state index in [0.717, 1.165) is 5.56 Å². The van der Waals surface area contributed by atoms with Crippen molar-refractivity contribution in [1.82, 2.24) is 4.98 Å². The van der Waals surface area contributed by atoms with E-state index < -0.39 is 27.3 Å².